The highest BCUT2D eigenvalue weighted by atomic mass is 79.9. The minimum Gasteiger partial charge on any atom is -0.399 e. The zero-order valence-corrected chi connectivity index (χ0v) is 82.1. The Hall–Kier alpha value is -8.54. The van der Waals surface area contributed by atoms with Crippen LogP contribution in [0.15, 0.2) is 276 Å². The first-order chi connectivity index (χ1) is 60.9. The van der Waals surface area contributed by atoms with Crippen LogP contribution in [0.5, 0.6) is 0 Å². The Morgan fingerprint density at radius 3 is 1.07 bits per heavy atom. The van der Waals surface area contributed by atoms with Crippen molar-refractivity contribution in [3.05, 3.63) is 293 Å². The van der Waals surface area contributed by atoms with Crippen LogP contribution in [-0.2, 0) is 49.1 Å². The Morgan fingerprint density at radius 2 is 0.672 bits per heavy atom. The van der Waals surface area contributed by atoms with Crippen molar-refractivity contribution in [3.63, 3.8) is 0 Å². The Balaban J connectivity index is 0.000000141. The molecule has 2 atom stereocenters. The number of halogens is 2. The van der Waals surface area contributed by atoms with Gasteiger partial charge in [-0.05, 0) is 349 Å². The predicted octanol–water partition coefficient (Wildman–Crippen LogP) is 27.8. The van der Waals surface area contributed by atoms with E-state index in [0.717, 1.165) is 84.2 Å². The summed E-state index contributed by atoms with van der Waals surface area (Å²) in [6.07, 6.45) is 15.7. The Bertz CT molecular complexity index is 5620. The fraction of sp³-hybridized carbons (Fsp3) is 0.387. The van der Waals surface area contributed by atoms with Crippen molar-refractivity contribution < 1.29 is 37.2 Å². The Morgan fingerprint density at radius 1 is 0.336 bits per heavy atom. The molecule has 0 radical (unpaired) electrons. The Kier molecular flexibility index (Phi) is 26.7. The summed E-state index contributed by atoms with van der Waals surface area (Å²) in [7, 11) is -1.55. The van der Waals surface area contributed by atoms with E-state index in [1.165, 1.54) is 136 Å². The van der Waals surface area contributed by atoms with Gasteiger partial charge in [0.1, 0.15) is 0 Å². The van der Waals surface area contributed by atoms with Crippen LogP contribution in [-0.4, -0.2) is 77.8 Å². The average molecular weight is 1840 g/mol. The van der Waals surface area contributed by atoms with Crippen LogP contribution in [0.3, 0.4) is 0 Å². The van der Waals surface area contributed by atoms with Gasteiger partial charge < -0.3 is 51.6 Å². The maximum absolute atomic E-state index is 6.58. The standard InChI is InChI=1S/C39H56B2O4.C36H49B2NO4.C36H24Br2N2/c1-12-14-16-27-24-39(25-28(26(27)3)17-15-13-2)33-22-29(40-42-35(4,5)36(6,7)43-40)18-20-31(33)32-21-19-30(23-34(32)39)41-44-37(8,9)38(10,11)45-41;1-10-11-12-13-14-27-15-21-30(22-16-27)39(31-23-17-28(18-24-31)37-40-33(2,3)34(4,5)41-37)32-25-19-29(20-26-32)38-42-35(6,7)36(8,9)43-38;37-27-13-19-31(20-14-27)39(32-21-15-28(38)16-22-32)30-17-10-25(11-18-30)26-12-23-36-34(24-26)33-8-4-5-9-35(33)40(36)29-6-2-1-3-7-29/h18-23,27-28H,3,12-17,24-25H2,1-2,4-11H3;15-26H,10-14H2,1-9H3;1-24H. The van der Waals surface area contributed by atoms with Gasteiger partial charge in [0.05, 0.1) is 55.8 Å². The third kappa shape index (κ3) is 18.5. The summed E-state index contributed by atoms with van der Waals surface area (Å²) in [6, 6.07) is 91.9. The molecular formula is C111H129B4Br2N3O8. The van der Waals surface area contributed by atoms with Crippen LogP contribution in [0, 0.1) is 11.8 Å². The second kappa shape index (κ2) is 36.9. The summed E-state index contributed by atoms with van der Waals surface area (Å²) in [6.45, 7) is 45.5. The zero-order chi connectivity index (χ0) is 90.7. The van der Waals surface area contributed by atoms with E-state index in [0.29, 0.717) is 11.8 Å². The number of fused-ring (bicyclic) bond motifs is 8. The SMILES string of the molecule is Brc1ccc(N(c2ccc(Br)cc2)c2ccc(-c3ccc4c(c3)c3ccccc3n4-c3ccccc3)cc2)cc1.C=C1C(CCCC)CC2(CC1CCCC)c1cc(B3OC(C)(C)C(C)(C)O3)ccc1-c1ccc(B3OC(C)(C)C(C)(C)O3)cc12.CCCCCCc1ccc(N(c2ccc(B3OC(C)(C)C(C)(C)O3)cc2)c2ccc(B3OC(C)(C)C(C)(C)O3)cc2)cc1. The molecule has 2 aliphatic carbocycles. The molecule has 4 saturated heterocycles. The van der Waals surface area contributed by atoms with Crippen LogP contribution in [0.1, 0.15) is 225 Å². The minimum atomic E-state index is -0.390. The number of aromatic nitrogens is 1. The molecule has 5 fully saturated rings. The fourth-order valence-electron chi connectivity index (χ4n) is 19.2. The third-order valence-electron chi connectivity index (χ3n) is 29.7. The summed E-state index contributed by atoms with van der Waals surface area (Å²) in [4.78, 5) is 4.57. The first-order valence-electron chi connectivity index (χ1n) is 46.9. The van der Waals surface area contributed by atoms with Crippen LogP contribution < -0.4 is 31.7 Å². The molecule has 18 rings (SSSR count). The summed E-state index contributed by atoms with van der Waals surface area (Å²) in [5.41, 5.74) is 22.1. The van der Waals surface area contributed by atoms with E-state index in [-0.39, 0.29) is 64.5 Å². The molecule has 0 amide bonds. The van der Waals surface area contributed by atoms with E-state index in [2.05, 4.69) is 433 Å². The molecule has 0 bridgehead atoms. The van der Waals surface area contributed by atoms with Crippen molar-refractivity contribution in [3.8, 4) is 27.9 Å². The number of aryl methyl sites for hydroxylation is 1. The van der Waals surface area contributed by atoms with Gasteiger partial charge in [0.15, 0.2) is 0 Å². The summed E-state index contributed by atoms with van der Waals surface area (Å²) < 4.78 is 56.1. The van der Waals surface area contributed by atoms with E-state index >= 15 is 0 Å². The first kappa shape index (κ1) is 92.7. The summed E-state index contributed by atoms with van der Waals surface area (Å²) in [5, 5.41) is 2.52. The van der Waals surface area contributed by atoms with Gasteiger partial charge >= 0.3 is 28.5 Å². The van der Waals surface area contributed by atoms with Gasteiger partial charge in [-0.1, -0.05) is 237 Å². The normalized spacial score (nSPS) is 19.7. The fourth-order valence-corrected chi connectivity index (χ4v) is 19.7. The highest BCUT2D eigenvalue weighted by molar-refractivity contribution is 9.10. The molecule has 1 spiro atoms. The lowest BCUT2D eigenvalue weighted by atomic mass is 9.57. The number of allylic oxidation sites excluding steroid dienone is 1. The molecule has 6 aliphatic rings. The molecule has 4 aliphatic heterocycles. The lowest BCUT2D eigenvalue weighted by molar-refractivity contribution is 0.00578. The van der Waals surface area contributed by atoms with Gasteiger partial charge in [0, 0.05) is 64.9 Å². The zero-order valence-electron chi connectivity index (χ0n) is 79.0. The molecule has 17 heteroatoms. The van der Waals surface area contributed by atoms with Crippen molar-refractivity contribution in [2.75, 3.05) is 9.80 Å². The van der Waals surface area contributed by atoms with Gasteiger partial charge in [-0.2, -0.15) is 0 Å². The number of benzene rings is 11. The molecule has 2 unspecified atom stereocenters. The molecule has 1 aromatic heterocycles. The van der Waals surface area contributed by atoms with Crippen molar-refractivity contribution in [2.24, 2.45) is 11.8 Å². The lowest BCUT2D eigenvalue weighted by Gasteiger charge is -2.46. The number of unbranched alkanes of at least 4 members (excludes halogenated alkanes) is 5. The van der Waals surface area contributed by atoms with Gasteiger partial charge in [-0.3, -0.25) is 0 Å². The lowest BCUT2D eigenvalue weighted by Crippen LogP contribution is -2.41. The van der Waals surface area contributed by atoms with Gasteiger partial charge in [-0.25, -0.2) is 0 Å². The second-order valence-electron chi connectivity index (χ2n) is 40.5. The van der Waals surface area contributed by atoms with Gasteiger partial charge in [-0.15, -0.1) is 0 Å². The topological polar surface area (TPSA) is 85.3 Å². The maximum Gasteiger partial charge on any atom is 0.494 e. The van der Waals surface area contributed by atoms with Crippen molar-refractivity contribution in [2.45, 2.75) is 265 Å². The van der Waals surface area contributed by atoms with Crippen molar-refractivity contribution in [1.29, 1.82) is 0 Å². The molecular weight excluding hydrogens is 1710 g/mol. The van der Waals surface area contributed by atoms with E-state index < -0.39 is 14.2 Å². The third-order valence-corrected chi connectivity index (χ3v) is 30.7. The smallest absolute Gasteiger partial charge is 0.399 e. The molecule has 128 heavy (non-hydrogen) atoms. The number of rotatable bonds is 23. The largest absolute Gasteiger partial charge is 0.494 e. The predicted molar refractivity (Wildman–Crippen MR) is 545 cm³/mol. The van der Waals surface area contributed by atoms with E-state index in [4.69, 9.17) is 43.8 Å². The number of anilines is 6. The van der Waals surface area contributed by atoms with Gasteiger partial charge in [0.2, 0.25) is 0 Å². The van der Waals surface area contributed by atoms with Crippen LogP contribution in [0.4, 0.5) is 34.1 Å². The highest BCUT2D eigenvalue weighted by Crippen LogP contribution is 2.60. The monoisotopic (exact) mass is 1830 g/mol. The first-order valence-corrected chi connectivity index (χ1v) is 48.5. The number of hydrogen-bond donors (Lipinski definition) is 0. The molecule has 11 aromatic carbocycles. The van der Waals surface area contributed by atoms with Crippen molar-refractivity contribution >= 4 is 138 Å². The Labute approximate surface area is 781 Å². The second-order valence-corrected chi connectivity index (χ2v) is 42.3. The van der Waals surface area contributed by atoms with Crippen LogP contribution in [0.2, 0.25) is 0 Å². The van der Waals surface area contributed by atoms with Crippen LogP contribution in [0.25, 0.3) is 49.7 Å². The highest BCUT2D eigenvalue weighted by Gasteiger charge is 2.57. The minimum absolute atomic E-state index is 0.109. The summed E-state index contributed by atoms with van der Waals surface area (Å²) >= 11 is 7.15. The number of hydrogen-bond acceptors (Lipinski definition) is 10. The van der Waals surface area contributed by atoms with E-state index in [1.807, 2.05) is 0 Å². The number of nitrogens with zero attached hydrogens (tertiary/aromatic N) is 3. The van der Waals surface area contributed by atoms with Crippen LogP contribution >= 0.6 is 31.9 Å². The maximum atomic E-state index is 6.58. The summed E-state index contributed by atoms with van der Waals surface area (Å²) in [5.74, 6) is 1.00. The quantitative estimate of drug-likeness (QED) is 0.0351. The number of para-hydroxylation sites is 2. The van der Waals surface area contributed by atoms with Gasteiger partial charge in [0.25, 0.3) is 0 Å². The average Bonchev–Trinajstić information content (AvgIpc) is 1.54. The van der Waals surface area contributed by atoms with E-state index in [9.17, 15) is 0 Å². The molecule has 11 nitrogen and oxygen atoms in total. The molecule has 662 valence electrons. The molecule has 1 saturated carbocycles. The molecule has 12 aromatic rings. The van der Waals surface area contributed by atoms with E-state index in [1.54, 1.807) is 0 Å². The molecule has 0 N–H and O–H groups in total. The molecule has 5 heterocycles. The van der Waals surface area contributed by atoms with Crippen molar-refractivity contribution in [1.82, 2.24) is 4.57 Å².